The molecule has 3 unspecified atom stereocenters. The van der Waals surface area contributed by atoms with Crippen LogP contribution in [0, 0.1) is 5.82 Å². The molecule has 3 atom stereocenters. The second-order valence-electron chi connectivity index (χ2n) is 13.5. The highest BCUT2D eigenvalue weighted by Crippen LogP contribution is 2.39. The van der Waals surface area contributed by atoms with Gasteiger partial charge in [-0.05, 0) is 83.0 Å². The number of likely N-dealkylation sites (tertiary alicyclic amines) is 1. The van der Waals surface area contributed by atoms with Gasteiger partial charge in [-0.3, -0.25) is 9.88 Å². The highest BCUT2D eigenvalue weighted by Gasteiger charge is 2.45. The first-order valence-electron chi connectivity index (χ1n) is 15.7. The highest BCUT2D eigenvalue weighted by atomic mass is 19.1. The number of carbonyl (C=O) groups excluding carboxylic acids is 1. The van der Waals surface area contributed by atoms with Crippen LogP contribution in [0.4, 0.5) is 15.0 Å². The van der Waals surface area contributed by atoms with E-state index in [1.54, 1.807) is 12.3 Å². The number of pyridine rings is 1. The number of ether oxygens (including phenoxy) is 2. The molecule has 10 nitrogen and oxygen atoms in total. The molecule has 0 saturated carbocycles. The Hall–Kier alpha value is -4.25. The van der Waals surface area contributed by atoms with Crippen LogP contribution < -0.4 is 9.64 Å². The summed E-state index contributed by atoms with van der Waals surface area (Å²) in [5.74, 6) is -0.0456. The molecule has 3 fully saturated rings. The number of rotatable bonds is 5. The fourth-order valence-corrected chi connectivity index (χ4v) is 7.05. The zero-order chi connectivity index (χ0) is 31.5. The summed E-state index contributed by atoms with van der Waals surface area (Å²) in [7, 11) is 2.07. The van der Waals surface area contributed by atoms with Gasteiger partial charge in [-0.2, -0.15) is 9.97 Å². The number of fused-ring (bicyclic) bond motifs is 4. The van der Waals surface area contributed by atoms with E-state index < -0.39 is 11.4 Å². The maximum atomic E-state index is 16.6. The number of likely N-dealkylation sites (N-methyl/N-ethyl adjacent to an activating group) is 1. The molecular weight excluding hydrogens is 575 g/mol. The van der Waals surface area contributed by atoms with Crippen LogP contribution in [0.3, 0.4) is 0 Å². The first kappa shape index (κ1) is 29.5. The van der Waals surface area contributed by atoms with Gasteiger partial charge in [-0.15, -0.1) is 0 Å². The lowest BCUT2D eigenvalue weighted by Crippen LogP contribution is -2.57. The normalized spacial score (nSPS) is 22.0. The molecule has 1 amide bonds. The van der Waals surface area contributed by atoms with Crippen LogP contribution in [0.15, 0.2) is 42.6 Å². The molecule has 3 saturated heterocycles. The van der Waals surface area contributed by atoms with Crippen molar-refractivity contribution in [2.24, 2.45) is 0 Å². The van der Waals surface area contributed by atoms with E-state index in [4.69, 9.17) is 14.5 Å². The van der Waals surface area contributed by atoms with E-state index in [1.165, 1.54) is 6.07 Å². The zero-order valence-electron chi connectivity index (χ0n) is 26.2. The molecule has 11 heteroatoms. The minimum atomic E-state index is -0.606. The topological polar surface area (TPSA) is 104 Å². The fraction of sp³-hybridized carbons (Fsp3) is 0.471. The molecule has 2 aromatic carbocycles. The van der Waals surface area contributed by atoms with Crippen molar-refractivity contribution in [3.05, 3.63) is 48.4 Å². The van der Waals surface area contributed by atoms with Crippen molar-refractivity contribution in [2.75, 3.05) is 38.2 Å². The standard InChI is InChI=1S/C34H39FN6O4/c1-34(2,3)45-33(43)41-21-11-12-22(41)18-40(17-21)31-27-16-36-29(26-15-24(42)14-20-8-5-6-10-25(20)26)28(35)30(27)37-32(38-31)44-19-23-9-7-13-39(23)4/h5-6,8,10,14-16,21-23,42H,7,9,11-13,17-19H2,1-4H3. The minimum Gasteiger partial charge on any atom is -0.508 e. The van der Waals surface area contributed by atoms with Crippen LogP contribution in [-0.2, 0) is 4.74 Å². The van der Waals surface area contributed by atoms with E-state index in [-0.39, 0.29) is 47.2 Å². The molecule has 2 bridgehead atoms. The Balaban J connectivity index is 1.29. The number of phenols is 1. The number of carbonyl (C=O) groups is 1. The summed E-state index contributed by atoms with van der Waals surface area (Å²) >= 11 is 0. The molecule has 0 radical (unpaired) electrons. The summed E-state index contributed by atoms with van der Waals surface area (Å²) in [5, 5.41) is 12.5. The van der Waals surface area contributed by atoms with Crippen LogP contribution in [0.2, 0.25) is 0 Å². The zero-order valence-corrected chi connectivity index (χ0v) is 26.2. The maximum absolute atomic E-state index is 16.6. The van der Waals surface area contributed by atoms with Gasteiger partial charge in [0.05, 0.1) is 17.5 Å². The summed E-state index contributed by atoms with van der Waals surface area (Å²) in [4.78, 5) is 33.4. The summed E-state index contributed by atoms with van der Waals surface area (Å²) in [6.07, 6.45) is 5.12. The number of phenolic OH excluding ortho intramolecular Hbond substituents is 1. The summed E-state index contributed by atoms with van der Waals surface area (Å²) in [6.45, 7) is 8.06. The van der Waals surface area contributed by atoms with Crippen molar-refractivity contribution in [1.29, 1.82) is 0 Å². The summed E-state index contributed by atoms with van der Waals surface area (Å²) in [5.41, 5.74) is 0.0895. The quantitative estimate of drug-likeness (QED) is 0.301. The highest BCUT2D eigenvalue weighted by molar-refractivity contribution is 6.00. The monoisotopic (exact) mass is 614 g/mol. The molecule has 236 valence electrons. The van der Waals surface area contributed by atoms with E-state index in [1.807, 2.05) is 49.9 Å². The molecule has 0 aliphatic carbocycles. The third-order valence-electron chi connectivity index (χ3n) is 9.21. The van der Waals surface area contributed by atoms with Crippen molar-refractivity contribution in [2.45, 2.75) is 70.2 Å². The molecule has 45 heavy (non-hydrogen) atoms. The Morgan fingerprint density at radius 3 is 2.53 bits per heavy atom. The molecule has 3 aliphatic rings. The van der Waals surface area contributed by atoms with Crippen molar-refractivity contribution >= 4 is 33.6 Å². The number of hydrogen-bond acceptors (Lipinski definition) is 9. The number of hydrogen-bond donors (Lipinski definition) is 1. The third-order valence-corrected chi connectivity index (χ3v) is 9.21. The van der Waals surface area contributed by atoms with Crippen LogP contribution in [0.5, 0.6) is 11.8 Å². The molecular formula is C34H39FN6O4. The first-order valence-corrected chi connectivity index (χ1v) is 15.7. The van der Waals surface area contributed by atoms with Gasteiger partial charge in [0.15, 0.2) is 5.82 Å². The van der Waals surface area contributed by atoms with E-state index >= 15 is 4.39 Å². The Morgan fingerprint density at radius 2 is 1.82 bits per heavy atom. The smallest absolute Gasteiger partial charge is 0.410 e. The first-order chi connectivity index (χ1) is 21.6. The number of aromatic hydroxyl groups is 1. The predicted octanol–water partition coefficient (Wildman–Crippen LogP) is 5.75. The number of amides is 1. The van der Waals surface area contributed by atoms with Gasteiger partial charge in [0.1, 0.15) is 35.0 Å². The molecule has 2 aromatic heterocycles. The van der Waals surface area contributed by atoms with Gasteiger partial charge in [0, 0.05) is 30.9 Å². The Kier molecular flexibility index (Phi) is 7.38. The second kappa shape index (κ2) is 11.3. The molecule has 3 aliphatic heterocycles. The lowest BCUT2D eigenvalue weighted by Gasteiger charge is -2.42. The molecule has 0 spiro atoms. The van der Waals surface area contributed by atoms with E-state index in [0.29, 0.717) is 36.5 Å². The Morgan fingerprint density at radius 1 is 1.07 bits per heavy atom. The molecule has 7 rings (SSSR count). The second-order valence-corrected chi connectivity index (χ2v) is 13.5. The molecule has 4 aromatic rings. The minimum absolute atomic E-state index is 0.0245. The maximum Gasteiger partial charge on any atom is 0.410 e. The van der Waals surface area contributed by atoms with Gasteiger partial charge in [0.25, 0.3) is 0 Å². The summed E-state index contributed by atoms with van der Waals surface area (Å²) < 4.78 is 28.6. The number of benzene rings is 2. The van der Waals surface area contributed by atoms with Gasteiger partial charge in [-0.25, -0.2) is 9.18 Å². The van der Waals surface area contributed by atoms with Gasteiger partial charge >= 0.3 is 12.1 Å². The number of halogens is 1. The largest absolute Gasteiger partial charge is 0.508 e. The summed E-state index contributed by atoms with van der Waals surface area (Å²) in [6, 6.07) is 10.9. The predicted molar refractivity (Wildman–Crippen MR) is 170 cm³/mol. The van der Waals surface area contributed by atoms with Crippen LogP contribution in [-0.4, -0.2) is 93.0 Å². The van der Waals surface area contributed by atoms with Gasteiger partial charge in [-0.1, -0.05) is 24.3 Å². The fourth-order valence-electron chi connectivity index (χ4n) is 7.05. The number of piperazine rings is 1. The van der Waals surface area contributed by atoms with Crippen LogP contribution in [0.1, 0.15) is 46.5 Å². The molecule has 1 N–H and O–H groups in total. The third kappa shape index (κ3) is 5.58. The average molecular weight is 615 g/mol. The van der Waals surface area contributed by atoms with Gasteiger partial charge in [0.2, 0.25) is 0 Å². The lowest BCUT2D eigenvalue weighted by atomic mass is 10.00. The number of aromatic nitrogens is 3. The average Bonchev–Trinajstić information content (AvgIpc) is 3.53. The number of nitrogens with zero attached hydrogens (tertiary/aromatic N) is 6. The lowest BCUT2D eigenvalue weighted by molar-refractivity contribution is 0.0122. The van der Waals surface area contributed by atoms with E-state index in [0.717, 1.165) is 43.0 Å². The van der Waals surface area contributed by atoms with Crippen LogP contribution >= 0.6 is 0 Å². The Labute approximate surface area is 261 Å². The SMILES string of the molecule is CN1CCCC1COc1nc(N2CC3CCC(C2)N3C(=O)OC(C)(C)C)c2cnc(-c3cc(O)cc4ccccc34)c(F)c2n1. The van der Waals surface area contributed by atoms with E-state index in [9.17, 15) is 9.90 Å². The van der Waals surface area contributed by atoms with Crippen molar-refractivity contribution < 1.29 is 23.8 Å². The number of anilines is 1. The van der Waals surface area contributed by atoms with Crippen molar-refractivity contribution in [1.82, 2.24) is 24.8 Å². The van der Waals surface area contributed by atoms with Gasteiger partial charge < -0.3 is 24.4 Å². The van der Waals surface area contributed by atoms with Crippen LogP contribution in [0.25, 0.3) is 32.9 Å². The Bertz CT molecular complexity index is 1760. The van der Waals surface area contributed by atoms with Crippen molar-refractivity contribution in [3.63, 3.8) is 0 Å². The van der Waals surface area contributed by atoms with E-state index in [2.05, 4.69) is 26.8 Å². The molecule has 5 heterocycles. The van der Waals surface area contributed by atoms with Crippen molar-refractivity contribution in [3.8, 4) is 23.0 Å².